The first-order valence-corrected chi connectivity index (χ1v) is 13.3. The highest BCUT2D eigenvalue weighted by Gasteiger charge is 2.32. The van der Waals surface area contributed by atoms with Gasteiger partial charge in [0.1, 0.15) is 0 Å². The number of benzene rings is 2. The molecule has 0 atom stereocenters. The molecule has 1 aliphatic rings. The number of thiophene rings is 1. The summed E-state index contributed by atoms with van der Waals surface area (Å²) in [6, 6.07) is 10.7. The summed E-state index contributed by atoms with van der Waals surface area (Å²) >= 11 is 0.997. The molecule has 0 fully saturated rings. The number of rotatable bonds is 7. The number of hydrogen-bond donors (Lipinski definition) is 2. The third kappa shape index (κ3) is 5.01. The van der Waals surface area contributed by atoms with E-state index in [-0.39, 0.29) is 39.7 Å². The van der Waals surface area contributed by atoms with Gasteiger partial charge in [-0.3, -0.25) is 4.79 Å². The molecule has 0 saturated carbocycles. The van der Waals surface area contributed by atoms with Crippen molar-refractivity contribution in [3.63, 3.8) is 0 Å². The molecule has 3 aromatic rings. The third-order valence-corrected chi connectivity index (χ3v) is 9.17. The number of nitrogens with one attached hydrogen (secondary N) is 1. The molecule has 0 saturated heterocycles. The predicted molar refractivity (Wildman–Crippen MR) is 136 cm³/mol. The molecular weight excluding hydrogens is 518 g/mol. The highest BCUT2D eigenvalue weighted by Crippen LogP contribution is 2.36. The Kier molecular flexibility index (Phi) is 7.22. The average Bonchev–Trinajstić information content (AvgIpc) is 3.30. The average molecular weight is 542 g/mol. The van der Waals surface area contributed by atoms with Crippen LogP contribution in [-0.2, 0) is 23.0 Å². The molecule has 4 rings (SSSR count). The van der Waals surface area contributed by atoms with Crippen molar-refractivity contribution in [2.45, 2.75) is 24.8 Å². The van der Waals surface area contributed by atoms with E-state index in [1.54, 1.807) is 20.1 Å². The maximum absolute atomic E-state index is 13.5. The van der Waals surface area contributed by atoms with Gasteiger partial charge in [0.05, 0.1) is 46.9 Å². The second kappa shape index (κ2) is 10.2. The molecule has 0 unspecified atom stereocenters. The molecule has 0 spiro atoms. The first-order chi connectivity index (χ1) is 17.6. The van der Waals surface area contributed by atoms with Gasteiger partial charge in [-0.1, -0.05) is 0 Å². The number of nitriles is 1. The van der Waals surface area contributed by atoms with E-state index in [0.29, 0.717) is 22.8 Å². The lowest BCUT2D eigenvalue weighted by Gasteiger charge is -2.28. The van der Waals surface area contributed by atoms with Gasteiger partial charge in [-0.05, 0) is 60.9 Å². The van der Waals surface area contributed by atoms with Gasteiger partial charge in [0.15, 0.2) is 11.5 Å². The zero-order chi connectivity index (χ0) is 26.9. The summed E-state index contributed by atoms with van der Waals surface area (Å²) in [7, 11) is -0.869. The number of hydrogen-bond acceptors (Lipinski definition) is 8. The van der Waals surface area contributed by atoms with Gasteiger partial charge in [0.25, 0.3) is 5.91 Å². The van der Waals surface area contributed by atoms with Crippen molar-refractivity contribution < 1.29 is 32.6 Å². The summed E-state index contributed by atoms with van der Waals surface area (Å²) in [6.07, 6.45) is 0.488. The number of carbonyl (C=O) groups excluding carboxylic acids is 1. The normalized spacial score (nSPS) is 13.4. The number of fused-ring (bicyclic) bond motifs is 1. The predicted octanol–water partition coefficient (Wildman–Crippen LogP) is 3.64. The van der Waals surface area contributed by atoms with Crippen LogP contribution in [0.3, 0.4) is 0 Å². The van der Waals surface area contributed by atoms with Gasteiger partial charge >= 0.3 is 5.97 Å². The molecule has 10 nitrogen and oxygen atoms in total. The molecule has 0 aliphatic carbocycles. The number of aryl methyl sites for hydroxylation is 1. The summed E-state index contributed by atoms with van der Waals surface area (Å²) in [5, 5.41) is 21.0. The van der Waals surface area contributed by atoms with Crippen LogP contribution in [0.25, 0.3) is 0 Å². The lowest BCUT2D eigenvalue weighted by molar-refractivity contribution is 0.0698. The fourth-order valence-corrected chi connectivity index (χ4v) is 6.99. The van der Waals surface area contributed by atoms with Crippen molar-refractivity contribution in [1.82, 2.24) is 4.31 Å². The van der Waals surface area contributed by atoms with Crippen molar-refractivity contribution in [3.05, 3.63) is 68.4 Å². The molecular formula is C25H23N3O7S2. The minimum atomic E-state index is -3.93. The fraction of sp³-hybridized carbons (Fsp3) is 0.240. The highest BCUT2D eigenvalue weighted by atomic mass is 32.2. The number of carboxylic acids is 1. The molecule has 0 radical (unpaired) electrons. The first kappa shape index (κ1) is 26.2. The number of carbonyl (C=O) groups is 2. The number of anilines is 1. The molecule has 2 heterocycles. The van der Waals surface area contributed by atoms with E-state index in [0.717, 1.165) is 28.5 Å². The maximum atomic E-state index is 13.5. The number of ether oxygens (including phenoxy) is 2. The van der Waals surface area contributed by atoms with E-state index in [4.69, 9.17) is 14.7 Å². The van der Waals surface area contributed by atoms with E-state index in [1.165, 1.54) is 29.6 Å². The largest absolute Gasteiger partial charge is 0.493 e. The number of carboxylic acid groups (broad SMARTS) is 1. The van der Waals surface area contributed by atoms with Gasteiger partial charge in [-0.25, -0.2) is 13.2 Å². The zero-order valence-electron chi connectivity index (χ0n) is 20.2. The molecule has 2 aromatic carbocycles. The Balaban J connectivity index is 1.59. The van der Waals surface area contributed by atoms with Gasteiger partial charge in [-0.15, -0.1) is 11.3 Å². The molecule has 2 N–H and O–H groups in total. The highest BCUT2D eigenvalue weighted by molar-refractivity contribution is 7.89. The van der Waals surface area contributed by atoms with Crippen molar-refractivity contribution in [2.75, 3.05) is 26.1 Å². The molecule has 0 bridgehead atoms. The third-order valence-electron chi connectivity index (χ3n) is 6.02. The molecule has 1 aliphatic heterocycles. The van der Waals surface area contributed by atoms with Gasteiger partial charge in [-0.2, -0.15) is 9.57 Å². The Hall–Kier alpha value is -3.92. The van der Waals surface area contributed by atoms with E-state index in [2.05, 4.69) is 5.32 Å². The fourth-order valence-electron chi connectivity index (χ4n) is 4.12. The summed E-state index contributed by atoms with van der Waals surface area (Å²) in [5.41, 5.74) is 1.68. The van der Waals surface area contributed by atoms with Crippen LogP contribution in [0.5, 0.6) is 11.5 Å². The number of sulfonamides is 1. The van der Waals surface area contributed by atoms with Crippen molar-refractivity contribution in [1.29, 1.82) is 5.26 Å². The standard InChI is InChI=1S/C25H23N3O7S2/c1-14-23(11-22(36-14)24(29)27-19-5-4-15(12-26)8-18(19)25(30)31)37(32,33)28-7-6-16-9-20(34-2)21(35-3)10-17(16)13-28/h4-5,8-11H,6-7,13H2,1-3H3,(H,27,29)(H,30,31). The molecule has 12 heteroatoms. The topological polar surface area (TPSA) is 146 Å². The first-order valence-electron chi connectivity index (χ1n) is 11.0. The number of methoxy groups -OCH3 is 2. The minimum Gasteiger partial charge on any atom is -0.493 e. The van der Waals surface area contributed by atoms with Crippen molar-refractivity contribution >= 4 is 38.9 Å². The van der Waals surface area contributed by atoms with Crippen molar-refractivity contribution in [2.24, 2.45) is 0 Å². The molecule has 192 valence electrons. The second-order valence-electron chi connectivity index (χ2n) is 8.23. The van der Waals surface area contributed by atoms with Crippen LogP contribution in [0.15, 0.2) is 41.3 Å². The van der Waals surface area contributed by atoms with E-state index < -0.39 is 21.9 Å². The van der Waals surface area contributed by atoms with Crippen molar-refractivity contribution in [3.8, 4) is 17.6 Å². The lowest BCUT2D eigenvalue weighted by Crippen LogP contribution is -2.36. The van der Waals surface area contributed by atoms with Crippen LogP contribution in [0.1, 0.15) is 41.6 Å². The van der Waals surface area contributed by atoms with E-state index >= 15 is 0 Å². The van der Waals surface area contributed by atoms with Crippen LogP contribution >= 0.6 is 11.3 Å². The Labute approximate surface area is 217 Å². The van der Waals surface area contributed by atoms with Gasteiger partial charge in [0, 0.05) is 18.0 Å². The zero-order valence-corrected chi connectivity index (χ0v) is 21.8. The Morgan fingerprint density at radius 1 is 1.11 bits per heavy atom. The van der Waals surface area contributed by atoms with Gasteiger partial charge in [0.2, 0.25) is 10.0 Å². The van der Waals surface area contributed by atoms with Gasteiger partial charge < -0.3 is 19.9 Å². The monoisotopic (exact) mass is 541 g/mol. The van der Waals surface area contributed by atoms with Crippen LogP contribution in [0.2, 0.25) is 0 Å². The number of nitrogens with zero attached hydrogens (tertiary/aromatic N) is 2. The number of amides is 1. The summed E-state index contributed by atoms with van der Waals surface area (Å²) < 4.78 is 39.1. The second-order valence-corrected chi connectivity index (χ2v) is 11.4. The molecule has 1 amide bonds. The maximum Gasteiger partial charge on any atom is 0.337 e. The summed E-state index contributed by atoms with van der Waals surface area (Å²) in [6.45, 7) is 2.02. The molecule has 37 heavy (non-hydrogen) atoms. The van der Waals surface area contributed by atoms with E-state index in [1.807, 2.05) is 12.1 Å². The summed E-state index contributed by atoms with van der Waals surface area (Å²) in [5.74, 6) is -0.870. The minimum absolute atomic E-state index is 0.00368. The lowest BCUT2D eigenvalue weighted by atomic mass is 10.0. The van der Waals surface area contributed by atoms with Crippen LogP contribution in [0, 0.1) is 18.3 Å². The number of aromatic carboxylic acids is 1. The van der Waals surface area contributed by atoms with Crippen LogP contribution in [0.4, 0.5) is 5.69 Å². The Morgan fingerprint density at radius 3 is 2.41 bits per heavy atom. The Bertz CT molecular complexity index is 1550. The van der Waals surface area contributed by atoms with Crippen LogP contribution in [-0.4, -0.2) is 50.5 Å². The Morgan fingerprint density at radius 2 is 1.78 bits per heavy atom. The quantitative estimate of drug-likeness (QED) is 0.461. The molecule has 1 aromatic heterocycles. The van der Waals surface area contributed by atoms with Crippen LogP contribution < -0.4 is 14.8 Å². The summed E-state index contributed by atoms with van der Waals surface area (Å²) in [4.78, 5) is 25.1. The van der Waals surface area contributed by atoms with E-state index in [9.17, 15) is 23.1 Å². The SMILES string of the molecule is COc1cc2c(cc1OC)CN(S(=O)(=O)c1cc(C(=O)Nc3ccc(C#N)cc3C(=O)O)sc1C)CC2. The smallest absolute Gasteiger partial charge is 0.337 e.